The molecule has 2 heterocycles. The minimum Gasteiger partial charge on any atom is -0.497 e. The molecule has 158 valence electrons. The van der Waals surface area contributed by atoms with Crippen LogP contribution in [0.15, 0.2) is 78.7 Å². The number of para-hydroxylation sites is 1. The first-order valence-corrected chi connectivity index (χ1v) is 10.0. The minimum atomic E-state index is -0.528. The Hall–Kier alpha value is -4.32. The Labute approximate surface area is 184 Å². The first-order valence-electron chi connectivity index (χ1n) is 10.0. The van der Waals surface area contributed by atoms with E-state index < -0.39 is 5.97 Å². The summed E-state index contributed by atoms with van der Waals surface area (Å²) in [6.07, 6.45) is 3.70. The molecule has 1 aliphatic heterocycles. The molecule has 0 saturated heterocycles. The number of ketones is 1. The number of aromatic nitrogens is 1. The second-order valence-electron chi connectivity index (χ2n) is 7.43. The summed E-state index contributed by atoms with van der Waals surface area (Å²) in [5.41, 5.74) is 2.74. The fraction of sp³-hybridized carbons (Fsp3) is 0.0769. The zero-order valence-electron chi connectivity index (χ0n) is 17.5. The van der Waals surface area contributed by atoms with Gasteiger partial charge in [-0.15, -0.1) is 0 Å². The molecular formula is C26H19NO5. The van der Waals surface area contributed by atoms with E-state index in [-0.39, 0.29) is 17.3 Å². The van der Waals surface area contributed by atoms with Crippen LogP contribution in [0.5, 0.6) is 17.2 Å². The number of nitrogens with zero attached hydrogens (tertiary/aromatic N) is 1. The van der Waals surface area contributed by atoms with Crippen molar-refractivity contribution < 1.29 is 23.8 Å². The third-order valence-corrected chi connectivity index (χ3v) is 5.37. The molecule has 1 aromatic heterocycles. The lowest BCUT2D eigenvalue weighted by molar-refractivity contribution is 0.0734. The molecule has 0 amide bonds. The van der Waals surface area contributed by atoms with Gasteiger partial charge in [0.1, 0.15) is 17.2 Å². The minimum absolute atomic E-state index is 0.210. The van der Waals surface area contributed by atoms with Gasteiger partial charge in [0.25, 0.3) is 0 Å². The number of rotatable bonds is 4. The van der Waals surface area contributed by atoms with Crippen LogP contribution in [0.3, 0.4) is 0 Å². The standard InChI is InChI=1S/C26H19NO5/c1-27-15-17(20-8-3-4-9-22(20)27)13-24-25(28)21-11-10-19(14-23(21)32-24)31-26(29)16-6-5-7-18(12-16)30-2/h3-15H,1-2H3/b24-13+. The van der Waals surface area contributed by atoms with E-state index in [9.17, 15) is 9.59 Å². The van der Waals surface area contributed by atoms with Gasteiger partial charge in [-0.2, -0.15) is 0 Å². The SMILES string of the molecule is COc1cccc(C(=O)Oc2ccc3c(c2)O/C(=C/c2cn(C)c4ccccc24)C3=O)c1. The quantitative estimate of drug-likeness (QED) is 0.261. The van der Waals surface area contributed by atoms with Gasteiger partial charge in [-0.1, -0.05) is 24.3 Å². The Bertz CT molecular complexity index is 1410. The van der Waals surface area contributed by atoms with Gasteiger partial charge < -0.3 is 18.8 Å². The highest BCUT2D eigenvalue weighted by Gasteiger charge is 2.28. The van der Waals surface area contributed by atoms with Crippen molar-refractivity contribution in [2.45, 2.75) is 0 Å². The summed E-state index contributed by atoms with van der Waals surface area (Å²) in [7, 11) is 3.49. The van der Waals surface area contributed by atoms with E-state index in [1.54, 1.807) is 48.5 Å². The number of carbonyl (C=O) groups is 2. The van der Waals surface area contributed by atoms with Crippen LogP contribution < -0.4 is 14.2 Å². The van der Waals surface area contributed by atoms with E-state index in [4.69, 9.17) is 14.2 Å². The number of benzene rings is 3. The number of carbonyl (C=O) groups excluding carboxylic acids is 2. The van der Waals surface area contributed by atoms with E-state index in [2.05, 4.69) is 0 Å². The van der Waals surface area contributed by atoms with Crippen molar-refractivity contribution in [3.63, 3.8) is 0 Å². The number of hydrogen-bond acceptors (Lipinski definition) is 5. The molecule has 0 atom stereocenters. The second kappa shape index (κ2) is 7.74. The molecule has 0 N–H and O–H groups in total. The van der Waals surface area contributed by atoms with Crippen molar-refractivity contribution in [2.24, 2.45) is 7.05 Å². The topological polar surface area (TPSA) is 66.8 Å². The molecule has 0 radical (unpaired) electrons. The van der Waals surface area contributed by atoms with Gasteiger partial charge in [-0.05, 0) is 42.5 Å². The molecule has 4 aromatic rings. The highest BCUT2D eigenvalue weighted by atomic mass is 16.5. The molecule has 3 aromatic carbocycles. The van der Waals surface area contributed by atoms with Gasteiger partial charge in [-0.25, -0.2) is 4.79 Å². The largest absolute Gasteiger partial charge is 0.497 e. The molecule has 5 rings (SSSR count). The van der Waals surface area contributed by atoms with Crippen molar-refractivity contribution in [1.29, 1.82) is 0 Å². The first-order chi connectivity index (χ1) is 15.5. The van der Waals surface area contributed by atoms with Crippen molar-refractivity contribution in [2.75, 3.05) is 7.11 Å². The molecular weight excluding hydrogens is 406 g/mol. The number of hydrogen-bond donors (Lipinski definition) is 0. The number of aryl methyl sites for hydroxylation is 1. The molecule has 0 bridgehead atoms. The maximum absolute atomic E-state index is 12.8. The third-order valence-electron chi connectivity index (χ3n) is 5.37. The van der Waals surface area contributed by atoms with Crippen LogP contribution in [0.4, 0.5) is 0 Å². The van der Waals surface area contributed by atoms with Gasteiger partial charge in [-0.3, -0.25) is 4.79 Å². The van der Waals surface area contributed by atoms with E-state index in [1.165, 1.54) is 7.11 Å². The number of fused-ring (bicyclic) bond motifs is 2. The predicted molar refractivity (Wildman–Crippen MR) is 120 cm³/mol. The number of methoxy groups -OCH3 is 1. The maximum Gasteiger partial charge on any atom is 0.343 e. The van der Waals surface area contributed by atoms with Crippen LogP contribution in [0, 0.1) is 0 Å². The molecule has 0 unspecified atom stereocenters. The molecule has 6 nitrogen and oxygen atoms in total. The molecule has 32 heavy (non-hydrogen) atoms. The lowest BCUT2D eigenvalue weighted by atomic mass is 10.1. The number of esters is 1. The Morgan fingerprint density at radius 1 is 1.00 bits per heavy atom. The zero-order valence-corrected chi connectivity index (χ0v) is 17.5. The van der Waals surface area contributed by atoms with E-state index in [1.807, 2.05) is 42.1 Å². The van der Waals surface area contributed by atoms with Gasteiger partial charge in [0, 0.05) is 35.8 Å². The van der Waals surface area contributed by atoms with E-state index in [0.717, 1.165) is 16.5 Å². The summed E-state index contributed by atoms with van der Waals surface area (Å²) in [6, 6.07) is 19.4. The van der Waals surface area contributed by atoms with Gasteiger partial charge in [0.05, 0.1) is 18.2 Å². The smallest absolute Gasteiger partial charge is 0.343 e. The normalized spacial score (nSPS) is 13.8. The molecule has 6 heteroatoms. The van der Waals surface area contributed by atoms with Gasteiger partial charge in [0.15, 0.2) is 5.76 Å². The molecule has 1 aliphatic rings. The van der Waals surface area contributed by atoms with Gasteiger partial charge >= 0.3 is 5.97 Å². The van der Waals surface area contributed by atoms with E-state index >= 15 is 0 Å². The van der Waals surface area contributed by atoms with Crippen LogP contribution in [-0.4, -0.2) is 23.4 Å². The van der Waals surface area contributed by atoms with Crippen molar-refractivity contribution in [1.82, 2.24) is 4.57 Å². The van der Waals surface area contributed by atoms with Crippen LogP contribution in [0.25, 0.3) is 17.0 Å². The van der Waals surface area contributed by atoms with Gasteiger partial charge in [0.2, 0.25) is 5.78 Å². The average Bonchev–Trinajstić information content (AvgIpc) is 3.30. The Morgan fingerprint density at radius 3 is 2.69 bits per heavy atom. The fourth-order valence-electron chi connectivity index (χ4n) is 3.78. The summed E-state index contributed by atoms with van der Waals surface area (Å²) in [5, 5.41) is 1.03. The average molecular weight is 425 g/mol. The summed E-state index contributed by atoms with van der Waals surface area (Å²) in [5.74, 6) is 0.699. The van der Waals surface area contributed by atoms with Crippen molar-refractivity contribution >= 4 is 28.7 Å². The summed E-state index contributed by atoms with van der Waals surface area (Å²) < 4.78 is 18.5. The van der Waals surface area contributed by atoms with Crippen molar-refractivity contribution in [3.05, 3.63) is 95.4 Å². The number of ether oxygens (including phenoxy) is 3. The Morgan fingerprint density at radius 2 is 1.84 bits per heavy atom. The molecule has 0 fully saturated rings. The maximum atomic E-state index is 12.8. The zero-order chi connectivity index (χ0) is 22.2. The van der Waals surface area contributed by atoms with Crippen LogP contribution >= 0.6 is 0 Å². The number of allylic oxidation sites excluding steroid dienone is 1. The molecule has 0 aliphatic carbocycles. The van der Waals surface area contributed by atoms with Crippen molar-refractivity contribution in [3.8, 4) is 17.2 Å². The second-order valence-corrected chi connectivity index (χ2v) is 7.43. The monoisotopic (exact) mass is 425 g/mol. The first kappa shape index (κ1) is 19.6. The Balaban J connectivity index is 1.40. The Kier molecular flexibility index (Phi) is 4.75. The van der Waals surface area contributed by atoms with Crippen LogP contribution in [0.1, 0.15) is 26.3 Å². The lowest BCUT2D eigenvalue weighted by Gasteiger charge is -2.07. The lowest BCUT2D eigenvalue weighted by Crippen LogP contribution is -2.08. The predicted octanol–water partition coefficient (Wildman–Crippen LogP) is 5.02. The summed E-state index contributed by atoms with van der Waals surface area (Å²) >= 11 is 0. The van der Waals surface area contributed by atoms with Crippen LogP contribution in [0.2, 0.25) is 0 Å². The number of Topliss-reactive ketones (excluding diaryl/α,β-unsaturated/α-hetero) is 1. The summed E-state index contributed by atoms with van der Waals surface area (Å²) in [4.78, 5) is 25.3. The fourth-order valence-corrected chi connectivity index (χ4v) is 3.78. The third kappa shape index (κ3) is 3.41. The highest BCUT2D eigenvalue weighted by molar-refractivity contribution is 6.15. The van der Waals surface area contributed by atoms with Crippen LogP contribution in [-0.2, 0) is 7.05 Å². The summed E-state index contributed by atoms with van der Waals surface area (Å²) in [6.45, 7) is 0. The molecule has 0 spiro atoms. The molecule has 0 saturated carbocycles. The highest BCUT2D eigenvalue weighted by Crippen LogP contribution is 2.36. The van der Waals surface area contributed by atoms with E-state index in [0.29, 0.717) is 22.6 Å².